The Balaban J connectivity index is -0.000000110. The second-order valence-electron chi connectivity index (χ2n) is 4.17. The maximum Gasteiger partial charge on any atom is 3.00 e. The molecule has 1 aliphatic carbocycles. The molecule has 113 valence electrons. The zero-order valence-electron chi connectivity index (χ0n) is 13.5. The summed E-state index contributed by atoms with van der Waals surface area (Å²) in [6.07, 6.45) is 4.27. The van der Waals surface area contributed by atoms with E-state index in [9.17, 15) is 4.79 Å². The molecule has 1 N–H and O–H groups in total. The number of aliphatic carboxylic acids is 1. The molecule has 0 spiro atoms. The van der Waals surface area contributed by atoms with E-state index >= 15 is 0 Å². The molecule has 1 rings (SSSR count). The van der Waals surface area contributed by atoms with Gasteiger partial charge in [-0.25, -0.2) is 10.4 Å². The number of allylic oxidation sites excluding steroid dienone is 4. The van der Waals surface area contributed by atoms with Crippen LogP contribution in [-0.2, 0) is 26.5 Å². The third-order valence-electron chi connectivity index (χ3n) is 2.74. The van der Waals surface area contributed by atoms with Crippen molar-refractivity contribution in [3.05, 3.63) is 35.5 Å². The van der Waals surface area contributed by atoms with Gasteiger partial charge in [0.2, 0.25) is 0 Å². The van der Waals surface area contributed by atoms with Crippen LogP contribution in [0.2, 0.25) is 0 Å². The molecular formula is C15H25O4Ti. The van der Waals surface area contributed by atoms with Crippen molar-refractivity contribution in [3.63, 3.8) is 0 Å². The topological polar surface area (TPSA) is 83.4 Å². The second-order valence-corrected chi connectivity index (χ2v) is 4.17. The van der Waals surface area contributed by atoms with Crippen LogP contribution in [0.5, 0.6) is 0 Å². The van der Waals surface area contributed by atoms with Gasteiger partial charge in [-0.05, 0) is 0 Å². The minimum absolute atomic E-state index is 0. The van der Waals surface area contributed by atoms with E-state index in [0.29, 0.717) is 0 Å². The fourth-order valence-corrected chi connectivity index (χ4v) is 1.41. The molecule has 4 nitrogen and oxygen atoms in total. The number of rotatable bonds is 1. The first-order chi connectivity index (χ1) is 8.72. The summed E-state index contributed by atoms with van der Waals surface area (Å²) in [4.78, 5) is 9.25. The van der Waals surface area contributed by atoms with Crippen molar-refractivity contribution in [1.29, 1.82) is 0 Å². The Kier molecular flexibility index (Phi) is 20.3. The minimum atomic E-state index is -0.981. The Hall–Kier alpha value is -0.676. The van der Waals surface area contributed by atoms with Crippen molar-refractivity contribution in [1.82, 2.24) is 0 Å². The molecule has 1 radical (unpaired) electrons. The van der Waals surface area contributed by atoms with Crippen molar-refractivity contribution < 1.29 is 41.8 Å². The molecular weight excluding hydrogens is 292 g/mol. The van der Waals surface area contributed by atoms with Crippen LogP contribution in [-0.4, -0.2) is 25.3 Å². The molecule has 0 aromatic heterocycles. The zero-order valence-corrected chi connectivity index (χ0v) is 15.0. The van der Waals surface area contributed by atoms with Gasteiger partial charge in [-0.1, -0.05) is 39.7 Å². The number of carboxylic acids is 1. The molecule has 0 aliphatic heterocycles. The average molecular weight is 317 g/mol. The predicted molar refractivity (Wildman–Crippen MR) is 74.3 cm³/mol. The number of hydrogen-bond acceptors (Lipinski definition) is 3. The largest absolute Gasteiger partial charge is 3.00 e. The molecule has 20 heavy (non-hydrogen) atoms. The quantitative estimate of drug-likeness (QED) is 0.449. The summed E-state index contributed by atoms with van der Waals surface area (Å²) < 4.78 is 0. The van der Waals surface area contributed by atoms with Gasteiger partial charge in [0, 0.05) is 6.08 Å². The van der Waals surface area contributed by atoms with E-state index in [0.717, 1.165) is 20.3 Å². The number of carboxylic acid groups (broad SMARTS) is 1. The molecule has 0 atom stereocenters. The van der Waals surface area contributed by atoms with Crippen LogP contribution >= 0.6 is 0 Å². The van der Waals surface area contributed by atoms with Crippen molar-refractivity contribution in [2.45, 2.75) is 34.6 Å². The van der Waals surface area contributed by atoms with Gasteiger partial charge in [0.05, 0.1) is 0 Å². The first kappa shape index (κ1) is 27.6. The van der Waals surface area contributed by atoms with Crippen molar-refractivity contribution in [2.75, 3.05) is 14.2 Å². The molecule has 0 aromatic rings. The van der Waals surface area contributed by atoms with Gasteiger partial charge >= 0.3 is 27.7 Å². The van der Waals surface area contributed by atoms with Crippen molar-refractivity contribution in [3.8, 4) is 0 Å². The standard InChI is InChI=1S/C10H15.C3H4O2.2CH3O.Ti/c1-7-6-10(4,5)9(3)8(7)2;1-2-3(4)5;2*1-2;/h1-5H3;2H,1H2,(H,4,5);2*1H3;/q-1;;2*-1;+3. The molecule has 0 aromatic carbocycles. The van der Waals surface area contributed by atoms with E-state index in [-0.39, 0.29) is 27.1 Å². The van der Waals surface area contributed by atoms with E-state index in [4.69, 9.17) is 15.3 Å². The Morgan fingerprint density at radius 1 is 1.20 bits per heavy atom. The van der Waals surface area contributed by atoms with Gasteiger partial charge in [-0.15, -0.1) is 6.92 Å². The van der Waals surface area contributed by atoms with Crippen LogP contribution in [0.4, 0.5) is 0 Å². The summed E-state index contributed by atoms with van der Waals surface area (Å²) >= 11 is 0. The monoisotopic (exact) mass is 317 g/mol. The molecule has 0 saturated carbocycles. The molecule has 0 unspecified atom stereocenters. The van der Waals surface area contributed by atoms with Crippen molar-refractivity contribution >= 4 is 5.97 Å². The van der Waals surface area contributed by atoms with Gasteiger partial charge in [-0.2, -0.15) is 25.4 Å². The maximum absolute atomic E-state index is 9.25. The van der Waals surface area contributed by atoms with Crippen LogP contribution in [0.25, 0.3) is 0 Å². The zero-order chi connectivity index (χ0) is 16.2. The van der Waals surface area contributed by atoms with E-state index in [1.54, 1.807) is 0 Å². The summed E-state index contributed by atoms with van der Waals surface area (Å²) in [7, 11) is 1.50. The van der Waals surface area contributed by atoms with E-state index in [1.807, 2.05) is 0 Å². The van der Waals surface area contributed by atoms with Crippen LogP contribution in [0.1, 0.15) is 34.6 Å². The maximum atomic E-state index is 9.25. The average Bonchev–Trinajstić information content (AvgIpc) is 2.57. The van der Waals surface area contributed by atoms with Crippen LogP contribution in [0.15, 0.2) is 29.4 Å². The van der Waals surface area contributed by atoms with Crippen LogP contribution in [0, 0.1) is 11.5 Å². The Morgan fingerprint density at radius 3 is 1.55 bits per heavy atom. The van der Waals surface area contributed by atoms with E-state index in [1.165, 1.54) is 16.7 Å². The van der Waals surface area contributed by atoms with Crippen molar-refractivity contribution in [2.24, 2.45) is 5.41 Å². The fraction of sp³-hybridized carbons (Fsp3) is 0.533. The van der Waals surface area contributed by atoms with Crippen LogP contribution < -0.4 is 10.2 Å². The fourth-order valence-electron chi connectivity index (χ4n) is 1.41. The van der Waals surface area contributed by atoms with Gasteiger partial charge in [0.25, 0.3) is 0 Å². The molecule has 0 saturated heterocycles. The molecule has 1 aliphatic rings. The number of carbonyl (C=O) groups is 1. The molecule has 0 heterocycles. The number of hydrogen-bond donors (Lipinski definition) is 1. The normalized spacial score (nSPS) is 13.9. The third kappa shape index (κ3) is 11.2. The van der Waals surface area contributed by atoms with Crippen LogP contribution in [0.3, 0.4) is 0 Å². The summed E-state index contributed by atoms with van der Waals surface area (Å²) in [5.41, 5.74) is 4.39. The first-order valence-electron chi connectivity index (χ1n) is 5.69. The Labute approximate surface area is 137 Å². The van der Waals surface area contributed by atoms with Gasteiger partial charge < -0.3 is 15.3 Å². The smallest absolute Gasteiger partial charge is 0.857 e. The predicted octanol–water partition coefficient (Wildman–Crippen LogP) is 1.32. The van der Waals surface area contributed by atoms with E-state index < -0.39 is 5.97 Å². The Morgan fingerprint density at radius 2 is 1.50 bits per heavy atom. The van der Waals surface area contributed by atoms with Gasteiger partial charge in [0.15, 0.2) is 0 Å². The summed E-state index contributed by atoms with van der Waals surface area (Å²) in [5, 5.41) is 24.1. The molecule has 0 bridgehead atoms. The van der Waals surface area contributed by atoms with E-state index in [2.05, 4.69) is 47.3 Å². The Bertz CT molecular complexity index is 342. The van der Waals surface area contributed by atoms with Gasteiger partial charge in [0.1, 0.15) is 0 Å². The molecule has 0 fully saturated rings. The minimum Gasteiger partial charge on any atom is -0.857 e. The summed E-state index contributed by atoms with van der Waals surface area (Å²) in [6, 6.07) is 0. The third-order valence-corrected chi connectivity index (χ3v) is 2.74. The molecule has 5 heteroatoms. The SMILES string of the molecule is C=CC(=O)O.CC1=[C-]C(C)(C)C(C)=C1C.C[O-].C[O-].[Ti+3]. The van der Waals surface area contributed by atoms with Gasteiger partial charge in [-0.3, -0.25) is 6.08 Å². The first-order valence-corrected chi connectivity index (χ1v) is 5.69. The molecule has 0 amide bonds. The second kappa shape index (κ2) is 14.7. The summed E-state index contributed by atoms with van der Waals surface area (Å²) in [5.74, 6) is -0.981. The summed E-state index contributed by atoms with van der Waals surface area (Å²) in [6.45, 7) is 13.9.